The lowest BCUT2D eigenvalue weighted by Gasteiger charge is -2.10. The second kappa shape index (κ2) is 4.57. The highest BCUT2D eigenvalue weighted by atomic mass is 35.5. The van der Waals surface area contributed by atoms with Gasteiger partial charge in [-0.25, -0.2) is 0 Å². The summed E-state index contributed by atoms with van der Waals surface area (Å²) in [4.78, 5) is 0. The van der Waals surface area contributed by atoms with Crippen LogP contribution in [0.25, 0.3) is 6.08 Å². The molecule has 0 N–H and O–H groups in total. The minimum Gasteiger partial charge on any atom is -0.504 e. The Hall–Kier alpha value is -1.16. The molecule has 1 aromatic rings. The molecule has 0 bridgehead atoms. The maximum atomic E-state index is 12.5. The van der Waals surface area contributed by atoms with Gasteiger partial charge in [-0.05, 0) is 29.8 Å². The van der Waals surface area contributed by atoms with Crippen LogP contribution in [0, 0.1) is 0 Å². The van der Waals surface area contributed by atoms with E-state index in [2.05, 4.69) is 4.74 Å². The minimum absolute atomic E-state index is 0.0168. The zero-order valence-electron chi connectivity index (χ0n) is 7.81. The van der Waals surface area contributed by atoms with Gasteiger partial charge in [0.25, 0.3) is 0 Å². The highest BCUT2D eigenvalue weighted by Crippen LogP contribution is 2.33. The van der Waals surface area contributed by atoms with Crippen LogP contribution in [0.15, 0.2) is 24.5 Å². The third-order valence-corrected chi connectivity index (χ3v) is 1.94. The summed E-state index contributed by atoms with van der Waals surface area (Å²) in [5, 5.41) is 0.249. The van der Waals surface area contributed by atoms with Crippen molar-refractivity contribution in [1.82, 2.24) is 0 Å². The Bertz CT molecular complexity index is 371. The molecule has 0 aliphatic carbocycles. The van der Waals surface area contributed by atoms with Gasteiger partial charge in [-0.3, -0.25) is 0 Å². The van der Waals surface area contributed by atoms with Crippen molar-refractivity contribution in [2.45, 2.75) is 6.18 Å². The Kier molecular flexibility index (Phi) is 3.63. The Balaban J connectivity index is 3.21. The van der Waals surface area contributed by atoms with Gasteiger partial charge in [0.1, 0.15) is 0 Å². The van der Waals surface area contributed by atoms with E-state index in [0.717, 1.165) is 6.07 Å². The molecule has 0 radical (unpaired) electrons. The predicted octanol–water partition coefficient (Wildman–Crippen LogP) is 3.98. The summed E-state index contributed by atoms with van der Waals surface area (Å²) in [6.07, 6.45) is -2.01. The van der Waals surface area contributed by atoms with E-state index in [-0.39, 0.29) is 10.6 Å². The van der Waals surface area contributed by atoms with Crippen LogP contribution < -0.4 is 0 Å². The standard InChI is InChI=1S/C10H8ClF3O/c1-15-5-4-7-6-8(11)2-3-9(7)10(12,13)14/h2-6H,1H3. The van der Waals surface area contributed by atoms with Crippen molar-refractivity contribution < 1.29 is 17.9 Å². The topological polar surface area (TPSA) is 9.23 Å². The van der Waals surface area contributed by atoms with Crippen LogP contribution in [-0.4, -0.2) is 7.11 Å². The molecule has 0 atom stereocenters. The second-order valence-electron chi connectivity index (χ2n) is 2.77. The van der Waals surface area contributed by atoms with Gasteiger partial charge < -0.3 is 4.74 Å². The molecule has 0 unspecified atom stereocenters. The fraction of sp³-hybridized carbons (Fsp3) is 0.200. The lowest BCUT2D eigenvalue weighted by atomic mass is 10.1. The zero-order valence-corrected chi connectivity index (χ0v) is 8.56. The van der Waals surface area contributed by atoms with Crippen molar-refractivity contribution in [3.63, 3.8) is 0 Å². The number of hydrogen-bond acceptors (Lipinski definition) is 1. The third-order valence-electron chi connectivity index (χ3n) is 1.70. The smallest absolute Gasteiger partial charge is 0.416 e. The number of benzene rings is 1. The average Bonchev–Trinajstić information content (AvgIpc) is 2.12. The van der Waals surface area contributed by atoms with E-state index in [4.69, 9.17) is 11.6 Å². The molecule has 1 aromatic carbocycles. The van der Waals surface area contributed by atoms with E-state index in [1.807, 2.05) is 0 Å². The van der Waals surface area contributed by atoms with Crippen molar-refractivity contribution >= 4 is 17.7 Å². The summed E-state index contributed by atoms with van der Waals surface area (Å²) < 4.78 is 42.0. The molecule has 0 fully saturated rings. The van der Waals surface area contributed by atoms with Crippen molar-refractivity contribution in [2.75, 3.05) is 7.11 Å². The normalized spacial score (nSPS) is 12.1. The second-order valence-corrected chi connectivity index (χ2v) is 3.20. The molecule has 0 aliphatic heterocycles. The molecule has 0 saturated carbocycles. The van der Waals surface area contributed by atoms with Gasteiger partial charge >= 0.3 is 6.18 Å². The molecule has 15 heavy (non-hydrogen) atoms. The van der Waals surface area contributed by atoms with E-state index in [9.17, 15) is 13.2 Å². The van der Waals surface area contributed by atoms with Crippen molar-refractivity contribution in [1.29, 1.82) is 0 Å². The van der Waals surface area contributed by atoms with Crippen LogP contribution in [0.1, 0.15) is 11.1 Å². The number of alkyl halides is 3. The van der Waals surface area contributed by atoms with Crippen molar-refractivity contribution in [3.05, 3.63) is 40.6 Å². The monoisotopic (exact) mass is 236 g/mol. The van der Waals surface area contributed by atoms with E-state index in [0.29, 0.717) is 0 Å². The van der Waals surface area contributed by atoms with E-state index in [1.54, 1.807) is 0 Å². The lowest BCUT2D eigenvalue weighted by molar-refractivity contribution is -0.137. The summed E-state index contributed by atoms with van der Waals surface area (Å²) in [6.45, 7) is 0. The molecule has 0 heterocycles. The fourth-order valence-electron chi connectivity index (χ4n) is 1.07. The van der Waals surface area contributed by atoms with Gasteiger partial charge in [0, 0.05) is 5.02 Å². The quantitative estimate of drug-likeness (QED) is 0.706. The Labute approximate surface area is 90.1 Å². The van der Waals surface area contributed by atoms with Crippen LogP contribution in [-0.2, 0) is 10.9 Å². The average molecular weight is 237 g/mol. The summed E-state index contributed by atoms with van der Waals surface area (Å²) in [5.74, 6) is 0. The predicted molar refractivity (Wildman–Crippen MR) is 52.5 cm³/mol. The summed E-state index contributed by atoms with van der Waals surface area (Å²) in [6, 6.07) is 3.38. The third kappa shape index (κ3) is 3.16. The Morgan fingerprint density at radius 3 is 2.53 bits per heavy atom. The zero-order chi connectivity index (χ0) is 11.5. The highest BCUT2D eigenvalue weighted by molar-refractivity contribution is 6.30. The molecule has 0 saturated heterocycles. The van der Waals surface area contributed by atoms with Crippen LogP contribution in [0.2, 0.25) is 5.02 Å². The van der Waals surface area contributed by atoms with Gasteiger partial charge in [-0.1, -0.05) is 11.6 Å². The fourth-order valence-corrected chi connectivity index (χ4v) is 1.25. The molecule has 1 rings (SSSR count). The number of ether oxygens (including phenoxy) is 1. The lowest BCUT2D eigenvalue weighted by Crippen LogP contribution is -2.07. The van der Waals surface area contributed by atoms with Crippen molar-refractivity contribution in [2.24, 2.45) is 0 Å². The maximum absolute atomic E-state index is 12.5. The number of rotatable bonds is 2. The number of methoxy groups -OCH3 is 1. The Morgan fingerprint density at radius 2 is 2.00 bits per heavy atom. The SMILES string of the molecule is COC=Cc1cc(Cl)ccc1C(F)(F)F. The highest BCUT2D eigenvalue weighted by Gasteiger charge is 2.32. The summed E-state index contributed by atoms with van der Waals surface area (Å²) in [5.41, 5.74) is -0.753. The first-order valence-electron chi connectivity index (χ1n) is 4.01. The minimum atomic E-state index is -4.39. The van der Waals surface area contributed by atoms with Gasteiger partial charge in [-0.15, -0.1) is 0 Å². The molecule has 82 valence electrons. The van der Waals surface area contributed by atoms with Crippen molar-refractivity contribution in [3.8, 4) is 0 Å². The van der Waals surface area contributed by atoms with E-state index >= 15 is 0 Å². The summed E-state index contributed by atoms with van der Waals surface area (Å²) >= 11 is 5.60. The van der Waals surface area contributed by atoms with Gasteiger partial charge in [0.2, 0.25) is 0 Å². The molecular weight excluding hydrogens is 229 g/mol. The van der Waals surface area contributed by atoms with E-state index < -0.39 is 11.7 Å². The van der Waals surface area contributed by atoms with E-state index in [1.165, 1.54) is 31.6 Å². The molecule has 1 nitrogen and oxygen atoms in total. The largest absolute Gasteiger partial charge is 0.504 e. The summed E-state index contributed by atoms with van der Waals surface area (Å²) in [7, 11) is 1.36. The molecule has 0 aliphatic rings. The first-order chi connectivity index (χ1) is 6.95. The van der Waals surface area contributed by atoms with Crippen LogP contribution in [0.5, 0.6) is 0 Å². The Morgan fingerprint density at radius 1 is 1.33 bits per heavy atom. The first-order valence-corrected chi connectivity index (χ1v) is 4.39. The van der Waals surface area contributed by atoms with Gasteiger partial charge in [-0.2, -0.15) is 13.2 Å². The molecule has 0 aromatic heterocycles. The maximum Gasteiger partial charge on any atom is 0.416 e. The molecule has 5 heteroatoms. The van der Waals surface area contributed by atoms with Gasteiger partial charge in [0.05, 0.1) is 18.9 Å². The number of hydrogen-bond donors (Lipinski definition) is 0. The molecule has 0 spiro atoms. The molecule has 0 amide bonds. The van der Waals surface area contributed by atoms with Crippen LogP contribution in [0.3, 0.4) is 0 Å². The number of halogens is 4. The van der Waals surface area contributed by atoms with Crippen LogP contribution >= 0.6 is 11.6 Å². The molecular formula is C10H8ClF3O. The van der Waals surface area contributed by atoms with Gasteiger partial charge in [0.15, 0.2) is 0 Å². The van der Waals surface area contributed by atoms with Crippen LogP contribution in [0.4, 0.5) is 13.2 Å². The first kappa shape index (κ1) is 11.9.